The van der Waals surface area contributed by atoms with E-state index in [1.165, 1.54) is 42.5 Å². The molecule has 1 aliphatic heterocycles. The predicted octanol–water partition coefficient (Wildman–Crippen LogP) is 1.18. The van der Waals surface area contributed by atoms with E-state index in [0.29, 0.717) is 4.31 Å². The Labute approximate surface area is 145 Å². The van der Waals surface area contributed by atoms with Gasteiger partial charge < -0.3 is 5.11 Å². The predicted molar refractivity (Wildman–Crippen MR) is 91.0 cm³/mol. The summed E-state index contributed by atoms with van der Waals surface area (Å²) in [5.41, 5.74) is -0.299. The van der Waals surface area contributed by atoms with Crippen LogP contribution in [0.4, 0.5) is 10.1 Å². The van der Waals surface area contributed by atoms with Crippen molar-refractivity contribution < 1.29 is 26.3 Å². The largest absolute Gasteiger partial charge is 0.390 e. The van der Waals surface area contributed by atoms with Crippen LogP contribution in [0.25, 0.3) is 0 Å². The summed E-state index contributed by atoms with van der Waals surface area (Å²) in [5, 5.41) is 10.1. The number of benzene rings is 2. The second kappa shape index (κ2) is 6.40. The first kappa shape index (κ1) is 17.8. The van der Waals surface area contributed by atoms with Crippen molar-refractivity contribution in [3.63, 3.8) is 0 Å². The molecule has 1 N–H and O–H groups in total. The zero-order valence-corrected chi connectivity index (χ0v) is 14.6. The third-order valence-corrected chi connectivity index (χ3v) is 7.54. The van der Waals surface area contributed by atoms with Gasteiger partial charge in [0.25, 0.3) is 10.0 Å². The van der Waals surface area contributed by atoms with Gasteiger partial charge >= 0.3 is 0 Å². The van der Waals surface area contributed by atoms with Gasteiger partial charge in [-0.2, -0.15) is 0 Å². The van der Waals surface area contributed by atoms with Crippen molar-refractivity contribution in [3.05, 3.63) is 60.4 Å². The fraction of sp³-hybridized carbons (Fsp3) is 0.250. The number of sulfonamides is 1. The lowest BCUT2D eigenvalue weighted by molar-refractivity contribution is 0.184. The molecule has 1 aliphatic rings. The Bertz CT molecular complexity index is 977. The summed E-state index contributed by atoms with van der Waals surface area (Å²) >= 11 is 0. The molecule has 1 saturated heterocycles. The maximum atomic E-state index is 14.3. The van der Waals surface area contributed by atoms with Crippen LogP contribution in [0.3, 0.4) is 0 Å². The van der Waals surface area contributed by atoms with E-state index in [4.69, 9.17) is 0 Å². The second-order valence-electron chi connectivity index (χ2n) is 5.78. The third kappa shape index (κ3) is 3.39. The monoisotopic (exact) mass is 385 g/mol. The summed E-state index contributed by atoms with van der Waals surface area (Å²) in [6.45, 7) is 0. The van der Waals surface area contributed by atoms with Crippen LogP contribution in [0, 0.1) is 5.82 Å². The van der Waals surface area contributed by atoms with Gasteiger partial charge in [-0.05, 0) is 24.3 Å². The first-order valence-corrected chi connectivity index (χ1v) is 10.7. The highest BCUT2D eigenvalue weighted by Crippen LogP contribution is 2.32. The summed E-state index contributed by atoms with van der Waals surface area (Å²) < 4.78 is 64.9. The van der Waals surface area contributed by atoms with Gasteiger partial charge in [0, 0.05) is 0 Å². The Morgan fingerprint density at radius 3 is 2.16 bits per heavy atom. The SMILES string of the molecule is O=S1(=O)CC(O)C(N(c2ccccc2F)S(=O)(=O)c2ccccc2)C1. The Morgan fingerprint density at radius 1 is 1.00 bits per heavy atom. The van der Waals surface area contributed by atoms with Gasteiger partial charge in [0.2, 0.25) is 0 Å². The molecule has 6 nitrogen and oxygen atoms in total. The van der Waals surface area contributed by atoms with Gasteiger partial charge in [-0.25, -0.2) is 21.2 Å². The molecule has 0 aromatic heterocycles. The van der Waals surface area contributed by atoms with Crippen LogP contribution in [0.15, 0.2) is 59.5 Å². The molecule has 25 heavy (non-hydrogen) atoms. The number of aliphatic hydroxyl groups is 1. The van der Waals surface area contributed by atoms with Gasteiger partial charge in [-0.3, -0.25) is 4.31 Å². The molecule has 1 heterocycles. The average Bonchev–Trinajstić information content (AvgIpc) is 2.83. The molecule has 2 aromatic rings. The van der Waals surface area contributed by atoms with Crippen molar-refractivity contribution in [1.82, 2.24) is 0 Å². The molecule has 1 fully saturated rings. The standard InChI is InChI=1S/C16H16FNO5S2/c17-13-8-4-5-9-14(13)18(15-10-24(20,21)11-16(15)19)25(22,23)12-6-2-1-3-7-12/h1-9,15-16,19H,10-11H2. The molecule has 9 heteroatoms. The number of hydrogen-bond acceptors (Lipinski definition) is 5. The number of rotatable bonds is 4. The summed E-state index contributed by atoms with van der Waals surface area (Å²) in [7, 11) is -7.91. The second-order valence-corrected chi connectivity index (χ2v) is 9.75. The van der Waals surface area contributed by atoms with Crippen molar-refractivity contribution in [3.8, 4) is 0 Å². The van der Waals surface area contributed by atoms with Crippen LogP contribution >= 0.6 is 0 Å². The fourth-order valence-electron chi connectivity index (χ4n) is 2.86. The van der Waals surface area contributed by atoms with Gasteiger partial charge in [0.1, 0.15) is 5.82 Å². The minimum absolute atomic E-state index is 0.116. The highest BCUT2D eigenvalue weighted by atomic mass is 32.2. The number of para-hydroxylation sites is 1. The Kier molecular flexibility index (Phi) is 4.56. The number of anilines is 1. The highest BCUT2D eigenvalue weighted by molar-refractivity contribution is 7.93. The minimum Gasteiger partial charge on any atom is -0.390 e. The third-order valence-electron chi connectivity index (χ3n) is 3.98. The molecular weight excluding hydrogens is 369 g/mol. The van der Waals surface area contributed by atoms with Crippen LogP contribution < -0.4 is 4.31 Å². The Hall–Kier alpha value is -1.97. The topological polar surface area (TPSA) is 91.8 Å². The summed E-state index contributed by atoms with van der Waals surface area (Å²) in [4.78, 5) is -0.116. The van der Waals surface area contributed by atoms with E-state index in [2.05, 4.69) is 0 Å². The van der Waals surface area contributed by atoms with Crippen LogP contribution in [0.2, 0.25) is 0 Å². The summed E-state index contributed by atoms with van der Waals surface area (Å²) in [5.74, 6) is -1.96. The fourth-order valence-corrected chi connectivity index (χ4v) is 6.43. The minimum atomic E-state index is -4.27. The molecule has 0 bridgehead atoms. The number of hydrogen-bond donors (Lipinski definition) is 1. The highest BCUT2D eigenvalue weighted by Gasteiger charge is 2.45. The first-order chi connectivity index (χ1) is 11.7. The molecular formula is C16H16FNO5S2. The number of sulfone groups is 1. The van der Waals surface area contributed by atoms with Crippen molar-refractivity contribution in [2.75, 3.05) is 15.8 Å². The van der Waals surface area contributed by atoms with E-state index >= 15 is 0 Å². The van der Waals surface area contributed by atoms with Gasteiger partial charge in [-0.15, -0.1) is 0 Å². The Balaban J connectivity index is 2.19. The quantitative estimate of drug-likeness (QED) is 0.853. The van der Waals surface area contributed by atoms with E-state index in [-0.39, 0.29) is 10.6 Å². The Morgan fingerprint density at radius 2 is 1.60 bits per heavy atom. The maximum absolute atomic E-state index is 14.3. The van der Waals surface area contributed by atoms with Crippen molar-refractivity contribution in [1.29, 1.82) is 0 Å². The molecule has 0 spiro atoms. The number of aliphatic hydroxyl groups excluding tert-OH is 1. The maximum Gasteiger partial charge on any atom is 0.264 e. The lowest BCUT2D eigenvalue weighted by atomic mass is 10.2. The molecule has 0 amide bonds. The molecule has 3 rings (SSSR count). The summed E-state index contributed by atoms with van der Waals surface area (Å²) in [6.07, 6.45) is -1.44. The average molecular weight is 385 g/mol. The van der Waals surface area contributed by atoms with Crippen molar-refractivity contribution in [2.45, 2.75) is 17.0 Å². The molecule has 0 saturated carbocycles. The van der Waals surface area contributed by atoms with Crippen LogP contribution in [0.1, 0.15) is 0 Å². The molecule has 2 unspecified atom stereocenters. The molecule has 2 atom stereocenters. The van der Waals surface area contributed by atoms with E-state index in [1.54, 1.807) is 6.07 Å². The molecule has 0 aliphatic carbocycles. The number of halogens is 1. The lowest BCUT2D eigenvalue weighted by Crippen LogP contribution is -2.47. The zero-order chi connectivity index (χ0) is 18.2. The van der Waals surface area contributed by atoms with Gasteiger partial charge in [-0.1, -0.05) is 30.3 Å². The smallest absolute Gasteiger partial charge is 0.264 e. The van der Waals surface area contributed by atoms with Crippen LogP contribution in [0.5, 0.6) is 0 Å². The first-order valence-electron chi connectivity index (χ1n) is 7.45. The zero-order valence-electron chi connectivity index (χ0n) is 13.0. The van der Waals surface area contributed by atoms with Crippen LogP contribution in [-0.4, -0.2) is 45.6 Å². The van der Waals surface area contributed by atoms with Crippen LogP contribution in [-0.2, 0) is 19.9 Å². The van der Waals surface area contributed by atoms with Gasteiger partial charge in [0.15, 0.2) is 9.84 Å². The van der Waals surface area contributed by atoms with E-state index in [9.17, 15) is 26.3 Å². The van der Waals surface area contributed by atoms with Crippen molar-refractivity contribution in [2.24, 2.45) is 0 Å². The molecule has 0 radical (unpaired) electrons. The van der Waals surface area contributed by atoms with Crippen molar-refractivity contribution >= 4 is 25.5 Å². The number of nitrogens with zero attached hydrogens (tertiary/aromatic N) is 1. The normalized spacial score (nSPS) is 22.6. The molecule has 134 valence electrons. The van der Waals surface area contributed by atoms with E-state index in [1.807, 2.05) is 0 Å². The van der Waals surface area contributed by atoms with E-state index in [0.717, 1.165) is 6.07 Å². The van der Waals surface area contributed by atoms with Gasteiger partial charge in [0.05, 0.1) is 34.2 Å². The lowest BCUT2D eigenvalue weighted by Gasteiger charge is -2.31. The molecule has 2 aromatic carbocycles. The van der Waals surface area contributed by atoms with E-state index < -0.39 is 49.3 Å². The summed E-state index contributed by atoms with van der Waals surface area (Å²) in [6, 6.07) is 11.2.